The number of amides is 1. The Hall–Kier alpha value is -2.14. The van der Waals surface area contributed by atoms with Crippen LogP contribution in [0.15, 0.2) is 36.4 Å². The Morgan fingerprint density at radius 2 is 1.95 bits per heavy atom. The van der Waals surface area contributed by atoms with Crippen molar-refractivity contribution in [3.63, 3.8) is 0 Å². The van der Waals surface area contributed by atoms with Gasteiger partial charge in [0.15, 0.2) is 0 Å². The molecule has 1 N–H and O–H groups in total. The molecule has 0 saturated heterocycles. The predicted molar refractivity (Wildman–Crippen MR) is 79.4 cm³/mol. The molecule has 1 aromatic carbocycles. The van der Waals surface area contributed by atoms with Crippen LogP contribution in [0.2, 0.25) is 0 Å². The number of carbonyl (C=O) groups excluding carboxylic acids is 1. The van der Waals surface area contributed by atoms with Gasteiger partial charge in [0.05, 0.1) is 5.69 Å². The van der Waals surface area contributed by atoms with Crippen molar-refractivity contribution in [3.8, 4) is 0 Å². The topological polar surface area (TPSA) is 50.2 Å². The van der Waals surface area contributed by atoms with E-state index in [0.717, 1.165) is 11.3 Å². The number of hydrogen-bond donors (Lipinski definition) is 1. The Bertz CT molecular complexity index is 589. The number of carbonyl (C=O) groups is 1. The Labute approximate surface area is 119 Å². The van der Waals surface area contributed by atoms with Crippen molar-refractivity contribution in [1.29, 1.82) is 0 Å². The fraction of sp³-hybridized carbons (Fsp3) is 0.333. The number of hydrogen-bond acceptors (Lipinski definition) is 3. The number of likely N-dealkylation sites (N-methyl/N-ethyl adjacent to an activating group) is 1. The molecule has 0 radical (unpaired) electrons. The van der Waals surface area contributed by atoms with E-state index in [4.69, 9.17) is 0 Å². The molecular weight excluding hydrogens is 252 g/mol. The molecule has 0 fully saturated rings. The summed E-state index contributed by atoms with van der Waals surface area (Å²) in [5.41, 5.74) is 1.85. The molecule has 0 saturated carbocycles. The lowest BCUT2D eigenvalue weighted by Gasteiger charge is -2.23. The molecule has 1 aromatic heterocycles. The van der Waals surface area contributed by atoms with E-state index >= 15 is 0 Å². The molecule has 20 heavy (non-hydrogen) atoms. The van der Waals surface area contributed by atoms with Crippen LogP contribution in [0.4, 0.5) is 5.82 Å². The fourth-order valence-electron chi connectivity index (χ4n) is 2.24. The quantitative estimate of drug-likeness (QED) is 0.925. The predicted octanol–water partition coefficient (Wildman–Crippen LogP) is 1.97. The number of benzene rings is 1. The average Bonchev–Trinajstić information content (AvgIpc) is 2.68. The van der Waals surface area contributed by atoms with Gasteiger partial charge in [-0.3, -0.25) is 14.4 Å². The zero-order valence-electron chi connectivity index (χ0n) is 12.3. The molecule has 0 spiro atoms. The van der Waals surface area contributed by atoms with Gasteiger partial charge < -0.3 is 5.32 Å². The third kappa shape index (κ3) is 3.05. The Morgan fingerprint density at radius 3 is 2.45 bits per heavy atom. The lowest BCUT2D eigenvalue weighted by Crippen LogP contribution is -2.32. The van der Waals surface area contributed by atoms with E-state index in [9.17, 15) is 4.79 Å². The average molecular weight is 272 g/mol. The maximum absolute atomic E-state index is 12.5. The van der Waals surface area contributed by atoms with Crippen molar-refractivity contribution in [2.24, 2.45) is 7.05 Å². The summed E-state index contributed by atoms with van der Waals surface area (Å²) >= 11 is 0. The van der Waals surface area contributed by atoms with E-state index in [2.05, 4.69) is 10.4 Å². The van der Waals surface area contributed by atoms with Gasteiger partial charge >= 0.3 is 0 Å². The van der Waals surface area contributed by atoms with Crippen molar-refractivity contribution in [3.05, 3.63) is 47.7 Å². The van der Waals surface area contributed by atoms with E-state index in [-0.39, 0.29) is 11.9 Å². The van der Waals surface area contributed by atoms with Crippen molar-refractivity contribution in [2.45, 2.75) is 13.0 Å². The molecule has 0 aliphatic heterocycles. The van der Waals surface area contributed by atoms with Gasteiger partial charge in [-0.1, -0.05) is 30.3 Å². The molecule has 0 aliphatic rings. The first-order valence-corrected chi connectivity index (χ1v) is 6.52. The van der Waals surface area contributed by atoms with Gasteiger partial charge in [0.25, 0.3) is 0 Å². The molecule has 5 heteroatoms. The van der Waals surface area contributed by atoms with Crippen molar-refractivity contribution < 1.29 is 4.79 Å². The first-order valence-electron chi connectivity index (χ1n) is 6.52. The minimum atomic E-state index is -0.327. The number of anilines is 1. The zero-order valence-corrected chi connectivity index (χ0v) is 12.3. The maximum Gasteiger partial charge on any atom is 0.247 e. The standard InChI is InChI=1S/C15H20N4O/c1-11-10-13(19(4)17-11)16-15(20)14(18(2)3)12-8-6-5-7-9-12/h5-10,14H,1-4H3,(H,16,20). The largest absolute Gasteiger partial charge is 0.309 e. The van der Waals surface area contributed by atoms with Crippen LogP contribution in [0.25, 0.3) is 0 Å². The number of aromatic nitrogens is 2. The van der Waals surface area contributed by atoms with Crippen LogP contribution >= 0.6 is 0 Å². The van der Waals surface area contributed by atoms with Gasteiger partial charge in [-0.25, -0.2) is 0 Å². The third-order valence-corrected chi connectivity index (χ3v) is 3.13. The summed E-state index contributed by atoms with van der Waals surface area (Å²) in [5, 5.41) is 7.16. The van der Waals surface area contributed by atoms with Crippen LogP contribution in [-0.2, 0) is 11.8 Å². The first-order chi connectivity index (χ1) is 9.49. The van der Waals surface area contributed by atoms with Gasteiger partial charge in [0.2, 0.25) is 5.91 Å². The van der Waals surface area contributed by atoms with E-state index in [0.29, 0.717) is 5.82 Å². The summed E-state index contributed by atoms with van der Waals surface area (Å²) in [7, 11) is 5.60. The van der Waals surface area contributed by atoms with Crippen molar-refractivity contribution in [1.82, 2.24) is 14.7 Å². The summed E-state index contributed by atoms with van der Waals surface area (Å²) in [5.74, 6) is 0.638. The molecule has 106 valence electrons. The second-order valence-electron chi connectivity index (χ2n) is 5.06. The molecule has 0 aliphatic carbocycles. The normalized spacial score (nSPS) is 12.4. The zero-order chi connectivity index (χ0) is 14.7. The molecular formula is C15H20N4O. The Morgan fingerprint density at radius 1 is 1.30 bits per heavy atom. The summed E-state index contributed by atoms with van der Waals surface area (Å²) in [6, 6.07) is 11.3. The van der Waals surface area contributed by atoms with Crippen LogP contribution < -0.4 is 5.32 Å². The smallest absolute Gasteiger partial charge is 0.247 e. The molecule has 1 heterocycles. The van der Waals surface area contributed by atoms with E-state index < -0.39 is 0 Å². The highest BCUT2D eigenvalue weighted by molar-refractivity contribution is 5.94. The molecule has 1 atom stereocenters. The lowest BCUT2D eigenvalue weighted by atomic mass is 10.1. The number of rotatable bonds is 4. The van der Waals surface area contributed by atoms with Crippen LogP contribution in [0, 0.1) is 6.92 Å². The van der Waals surface area contributed by atoms with E-state index in [1.54, 1.807) is 4.68 Å². The van der Waals surface area contributed by atoms with Crippen LogP contribution in [0.1, 0.15) is 17.3 Å². The summed E-state index contributed by atoms with van der Waals surface area (Å²) in [4.78, 5) is 14.4. The Kier molecular flexibility index (Phi) is 4.20. The minimum absolute atomic E-state index is 0.0656. The summed E-state index contributed by atoms with van der Waals surface area (Å²) < 4.78 is 1.67. The monoisotopic (exact) mass is 272 g/mol. The van der Waals surface area contributed by atoms with Crippen molar-refractivity contribution in [2.75, 3.05) is 19.4 Å². The number of nitrogens with zero attached hydrogens (tertiary/aromatic N) is 3. The summed E-state index contributed by atoms with van der Waals surface area (Å²) in [6.45, 7) is 1.90. The summed E-state index contributed by atoms with van der Waals surface area (Å²) in [6.07, 6.45) is 0. The van der Waals surface area contributed by atoms with Crippen LogP contribution in [0.5, 0.6) is 0 Å². The third-order valence-electron chi connectivity index (χ3n) is 3.13. The molecule has 5 nitrogen and oxygen atoms in total. The number of aryl methyl sites for hydroxylation is 2. The molecule has 2 rings (SSSR count). The second-order valence-corrected chi connectivity index (χ2v) is 5.06. The van der Waals surface area contributed by atoms with Crippen LogP contribution in [-0.4, -0.2) is 34.7 Å². The van der Waals surface area contributed by atoms with Crippen LogP contribution in [0.3, 0.4) is 0 Å². The Balaban J connectivity index is 2.22. The minimum Gasteiger partial charge on any atom is -0.309 e. The molecule has 2 aromatic rings. The van der Waals surface area contributed by atoms with Crippen molar-refractivity contribution >= 4 is 11.7 Å². The highest BCUT2D eigenvalue weighted by Crippen LogP contribution is 2.20. The highest BCUT2D eigenvalue weighted by atomic mass is 16.2. The molecule has 0 bridgehead atoms. The van der Waals surface area contributed by atoms with Gasteiger partial charge in [-0.15, -0.1) is 0 Å². The van der Waals surface area contributed by atoms with Gasteiger partial charge in [0, 0.05) is 13.1 Å². The fourth-order valence-corrected chi connectivity index (χ4v) is 2.24. The van der Waals surface area contributed by atoms with E-state index in [1.165, 1.54) is 0 Å². The van der Waals surface area contributed by atoms with Gasteiger partial charge in [-0.05, 0) is 26.6 Å². The van der Waals surface area contributed by atoms with E-state index in [1.807, 2.05) is 69.4 Å². The number of nitrogens with one attached hydrogen (secondary N) is 1. The second kappa shape index (κ2) is 5.88. The maximum atomic E-state index is 12.5. The highest BCUT2D eigenvalue weighted by Gasteiger charge is 2.23. The first kappa shape index (κ1) is 14.3. The van der Waals surface area contributed by atoms with Gasteiger partial charge in [-0.2, -0.15) is 5.10 Å². The molecule has 1 amide bonds. The molecule has 1 unspecified atom stereocenters. The SMILES string of the molecule is Cc1cc(NC(=O)C(c2ccccc2)N(C)C)n(C)n1. The van der Waals surface area contributed by atoms with Gasteiger partial charge in [0.1, 0.15) is 11.9 Å². The lowest BCUT2D eigenvalue weighted by molar-refractivity contribution is -0.120.